The van der Waals surface area contributed by atoms with Gasteiger partial charge < -0.3 is 4.74 Å². The van der Waals surface area contributed by atoms with E-state index >= 15 is 0 Å². The van der Waals surface area contributed by atoms with Crippen LogP contribution in [0.5, 0.6) is 0 Å². The fourth-order valence-electron chi connectivity index (χ4n) is 2.10. The summed E-state index contributed by atoms with van der Waals surface area (Å²) in [4.78, 5) is 22.5. The van der Waals surface area contributed by atoms with Gasteiger partial charge in [-0.05, 0) is 71.4 Å². The SMILES string of the molecule is CCOC(=O)/C=C(C)/C=C/C=C(\C=O)CC/C=C(\C)CCC=C(C)C. The average molecular weight is 344 g/mol. The largest absolute Gasteiger partial charge is 0.463 e. The molecule has 0 saturated carbocycles. The lowest BCUT2D eigenvalue weighted by atomic mass is 10.1. The summed E-state index contributed by atoms with van der Waals surface area (Å²) in [5.74, 6) is -0.349. The van der Waals surface area contributed by atoms with E-state index in [9.17, 15) is 9.59 Å². The van der Waals surface area contributed by atoms with Crippen molar-refractivity contribution in [2.24, 2.45) is 0 Å². The molecule has 0 aliphatic heterocycles. The molecule has 0 bridgehead atoms. The molecule has 3 heteroatoms. The predicted molar refractivity (Wildman–Crippen MR) is 105 cm³/mol. The van der Waals surface area contributed by atoms with Crippen LogP contribution in [0.2, 0.25) is 0 Å². The van der Waals surface area contributed by atoms with Crippen molar-refractivity contribution in [3.8, 4) is 0 Å². The van der Waals surface area contributed by atoms with E-state index in [0.717, 1.165) is 36.7 Å². The van der Waals surface area contributed by atoms with Crippen molar-refractivity contribution in [1.82, 2.24) is 0 Å². The van der Waals surface area contributed by atoms with Crippen molar-refractivity contribution >= 4 is 12.3 Å². The van der Waals surface area contributed by atoms with Crippen molar-refractivity contribution in [1.29, 1.82) is 0 Å². The van der Waals surface area contributed by atoms with Gasteiger partial charge in [-0.2, -0.15) is 0 Å². The minimum atomic E-state index is -0.349. The molecule has 0 aliphatic rings. The molecule has 0 rings (SSSR count). The molecule has 0 heterocycles. The van der Waals surface area contributed by atoms with Gasteiger partial charge in [0.15, 0.2) is 0 Å². The monoisotopic (exact) mass is 344 g/mol. The van der Waals surface area contributed by atoms with Gasteiger partial charge in [-0.15, -0.1) is 0 Å². The Balaban J connectivity index is 4.46. The van der Waals surface area contributed by atoms with E-state index in [1.54, 1.807) is 25.2 Å². The summed E-state index contributed by atoms with van der Waals surface area (Å²) in [6.45, 7) is 10.3. The average Bonchev–Trinajstić information content (AvgIpc) is 2.53. The first kappa shape index (κ1) is 22.8. The Morgan fingerprint density at radius 1 is 1.00 bits per heavy atom. The van der Waals surface area contributed by atoms with Crippen molar-refractivity contribution < 1.29 is 14.3 Å². The summed E-state index contributed by atoms with van der Waals surface area (Å²) in [6.07, 6.45) is 15.8. The number of carbonyl (C=O) groups excluding carboxylic acids is 2. The fourth-order valence-corrected chi connectivity index (χ4v) is 2.10. The molecule has 0 N–H and O–H groups in total. The number of hydrogen-bond acceptors (Lipinski definition) is 3. The van der Waals surface area contributed by atoms with Gasteiger partial charge in [-0.25, -0.2) is 4.79 Å². The van der Waals surface area contributed by atoms with Crippen LogP contribution in [-0.4, -0.2) is 18.9 Å². The van der Waals surface area contributed by atoms with E-state index in [-0.39, 0.29) is 5.97 Å². The van der Waals surface area contributed by atoms with Crippen LogP contribution in [0, 0.1) is 0 Å². The molecule has 25 heavy (non-hydrogen) atoms. The Hall–Kier alpha value is -2.16. The minimum Gasteiger partial charge on any atom is -0.463 e. The van der Waals surface area contributed by atoms with E-state index in [1.165, 1.54) is 17.2 Å². The molecule has 0 radical (unpaired) electrons. The number of hydrogen-bond donors (Lipinski definition) is 0. The first-order valence-corrected chi connectivity index (χ1v) is 8.85. The molecule has 0 fully saturated rings. The number of carbonyl (C=O) groups is 2. The Morgan fingerprint density at radius 2 is 1.68 bits per heavy atom. The van der Waals surface area contributed by atoms with E-state index in [2.05, 4.69) is 32.9 Å². The zero-order valence-electron chi connectivity index (χ0n) is 16.3. The quantitative estimate of drug-likeness (QED) is 0.160. The zero-order chi connectivity index (χ0) is 19.1. The normalized spacial score (nSPS) is 13.1. The van der Waals surface area contributed by atoms with E-state index in [1.807, 2.05) is 6.92 Å². The molecule has 0 amide bonds. The molecule has 0 saturated heterocycles. The van der Waals surface area contributed by atoms with Crippen molar-refractivity contribution in [3.63, 3.8) is 0 Å². The van der Waals surface area contributed by atoms with Crippen LogP contribution in [0.3, 0.4) is 0 Å². The second-order valence-electron chi connectivity index (χ2n) is 6.27. The van der Waals surface area contributed by atoms with Gasteiger partial charge in [0.25, 0.3) is 0 Å². The van der Waals surface area contributed by atoms with Gasteiger partial charge in [-0.1, -0.05) is 41.5 Å². The Morgan fingerprint density at radius 3 is 2.28 bits per heavy atom. The molecule has 0 spiro atoms. The molecular formula is C22H32O3. The Labute approximate surface area is 152 Å². The zero-order valence-corrected chi connectivity index (χ0v) is 16.3. The van der Waals surface area contributed by atoms with E-state index in [4.69, 9.17) is 4.74 Å². The summed E-state index contributed by atoms with van der Waals surface area (Å²) in [6, 6.07) is 0. The van der Waals surface area contributed by atoms with Crippen LogP contribution < -0.4 is 0 Å². The highest BCUT2D eigenvalue weighted by Crippen LogP contribution is 2.11. The standard InChI is InChI=1S/C22H32O3/c1-6-25-22(24)16-20(5)13-9-15-21(17-23)14-8-12-19(4)11-7-10-18(2)3/h9-10,12-13,15-17H,6-8,11,14H2,1-5H3/b13-9+,19-12+,20-16+,21-15-. The number of rotatable bonds is 11. The summed E-state index contributed by atoms with van der Waals surface area (Å²) >= 11 is 0. The number of aldehydes is 1. The first-order valence-electron chi connectivity index (χ1n) is 8.85. The lowest BCUT2D eigenvalue weighted by Gasteiger charge is -2.00. The van der Waals surface area contributed by atoms with Crippen molar-refractivity contribution in [2.45, 2.75) is 60.3 Å². The van der Waals surface area contributed by atoms with Gasteiger partial charge in [0, 0.05) is 6.08 Å². The molecular weight excluding hydrogens is 312 g/mol. The van der Waals surface area contributed by atoms with E-state index in [0.29, 0.717) is 13.0 Å². The number of ether oxygens (including phenoxy) is 1. The molecule has 0 unspecified atom stereocenters. The maximum atomic E-state index is 11.3. The third kappa shape index (κ3) is 13.9. The maximum absolute atomic E-state index is 11.3. The summed E-state index contributed by atoms with van der Waals surface area (Å²) in [5.41, 5.74) is 4.23. The van der Waals surface area contributed by atoms with Crippen LogP contribution in [0.25, 0.3) is 0 Å². The Bertz CT molecular complexity index is 568. The molecule has 0 atom stereocenters. The predicted octanol–water partition coefficient (Wildman–Crippen LogP) is 5.65. The van der Waals surface area contributed by atoms with Crippen LogP contribution in [0.4, 0.5) is 0 Å². The van der Waals surface area contributed by atoms with Gasteiger partial charge in [-0.3, -0.25) is 4.79 Å². The lowest BCUT2D eigenvalue weighted by Crippen LogP contribution is -1.99. The number of allylic oxidation sites excluding steroid dienone is 9. The minimum absolute atomic E-state index is 0.349. The second-order valence-corrected chi connectivity index (χ2v) is 6.27. The van der Waals surface area contributed by atoms with Crippen LogP contribution >= 0.6 is 0 Å². The third-order valence-electron chi connectivity index (χ3n) is 3.47. The van der Waals surface area contributed by atoms with Gasteiger partial charge in [0.2, 0.25) is 0 Å². The summed E-state index contributed by atoms with van der Waals surface area (Å²) in [7, 11) is 0. The second kappa shape index (κ2) is 14.2. The lowest BCUT2D eigenvalue weighted by molar-refractivity contribution is -0.137. The maximum Gasteiger partial charge on any atom is 0.330 e. The molecule has 0 aromatic carbocycles. The highest BCUT2D eigenvalue weighted by atomic mass is 16.5. The van der Waals surface area contributed by atoms with Crippen molar-refractivity contribution in [3.05, 3.63) is 58.7 Å². The number of esters is 1. The fraction of sp³-hybridized carbons (Fsp3) is 0.455. The van der Waals surface area contributed by atoms with Gasteiger partial charge >= 0.3 is 5.97 Å². The Kier molecular flexibility index (Phi) is 13.0. The summed E-state index contributed by atoms with van der Waals surface area (Å²) in [5, 5.41) is 0. The molecule has 0 aliphatic carbocycles. The highest BCUT2D eigenvalue weighted by Gasteiger charge is 1.96. The van der Waals surface area contributed by atoms with Gasteiger partial charge in [0.1, 0.15) is 6.29 Å². The first-order chi connectivity index (χ1) is 11.9. The van der Waals surface area contributed by atoms with Crippen LogP contribution in [0.1, 0.15) is 60.3 Å². The van der Waals surface area contributed by atoms with Crippen LogP contribution in [-0.2, 0) is 14.3 Å². The van der Waals surface area contributed by atoms with Gasteiger partial charge in [0.05, 0.1) is 6.61 Å². The summed E-state index contributed by atoms with van der Waals surface area (Å²) < 4.78 is 4.85. The van der Waals surface area contributed by atoms with Crippen LogP contribution in [0.15, 0.2) is 58.7 Å². The third-order valence-corrected chi connectivity index (χ3v) is 3.47. The van der Waals surface area contributed by atoms with Crippen molar-refractivity contribution in [2.75, 3.05) is 6.61 Å². The molecule has 3 nitrogen and oxygen atoms in total. The molecule has 0 aromatic heterocycles. The highest BCUT2D eigenvalue weighted by molar-refractivity contribution is 5.83. The molecule has 0 aromatic rings. The van der Waals surface area contributed by atoms with E-state index < -0.39 is 0 Å². The smallest absolute Gasteiger partial charge is 0.330 e. The molecule has 138 valence electrons. The topological polar surface area (TPSA) is 43.4 Å².